The quantitative estimate of drug-likeness (QED) is 0.842. The van der Waals surface area contributed by atoms with Gasteiger partial charge in [-0.2, -0.15) is 0 Å². The van der Waals surface area contributed by atoms with Gasteiger partial charge >= 0.3 is 0 Å². The van der Waals surface area contributed by atoms with Gasteiger partial charge in [0.1, 0.15) is 0 Å². The van der Waals surface area contributed by atoms with E-state index >= 15 is 0 Å². The molecule has 0 aromatic heterocycles. The molecule has 0 spiro atoms. The lowest BCUT2D eigenvalue weighted by molar-refractivity contribution is -0.142. The first-order valence-electron chi connectivity index (χ1n) is 7.05. The second-order valence-corrected chi connectivity index (χ2v) is 5.93. The van der Waals surface area contributed by atoms with E-state index in [2.05, 4.69) is 5.32 Å². The third-order valence-corrected chi connectivity index (χ3v) is 4.01. The number of likely N-dealkylation sites (tertiary alicyclic amines) is 1. The molecule has 2 heterocycles. The summed E-state index contributed by atoms with van der Waals surface area (Å²) in [6.07, 6.45) is 0. The minimum atomic E-state index is -1.05. The van der Waals surface area contributed by atoms with Crippen LogP contribution >= 0.6 is 0 Å². The molecule has 2 aliphatic rings. The van der Waals surface area contributed by atoms with E-state index in [4.69, 9.17) is 4.74 Å². The number of halogens is 2. The molecular formula is C15H16F2N2O3. The van der Waals surface area contributed by atoms with Crippen LogP contribution in [0.15, 0.2) is 18.2 Å². The maximum Gasteiger partial charge on any atom is 0.256 e. The molecule has 22 heavy (non-hydrogen) atoms. The van der Waals surface area contributed by atoms with E-state index in [-0.39, 0.29) is 17.4 Å². The van der Waals surface area contributed by atoms with Gasteiger partial charge in [-0.15, -0.1) is 0 Å². The Balaban J connectivity index is 1.45. The molecule has 0 radical (unpaired) electrons. The molecule has 2 fully saturated rings. The Bertz CT molecular complexity index is 625. The van der Waals surface area contributed by atoms with Gasteiger partial charge in [0.05, 0.1) is 6.61 Å². The van der Waals surface area contributed by atoms with E-state index in [9.17, 15) is 18.4 Å². The van der Waals surface area contributed by atoms with Gasteiger partial charge < -0.3 is 15.0 Å². The van der Waals surface area contributed by atoms with Crippen molar-refractivity contribution in [3.8, 4) is 0 Å². The molecule has 1 aromatic rings. The van der Waals surface area contributed by atoms with E-state index in [0.29, 0.717) is 26.2 Å². The highest BCUT2D eigenvalue weighted by Gasteiger charge is 2.51. The number of nitrogens with zero attached hydrogens (tertiary/aromatic N) is 1. The highest BCUT2D eigenvalue weighted by molar-refractivity contribution is 5.94. The third-order valence-electron chi connectivity index (χ3n) is 4.01. The van der Waals surface area contributed by atoms with Gasteiger partial charge in [0.25, 0.3) is 11.8 Å². The molecule has 2 aliphatic heterocycles. The Morgan fingerprint density at radius 2 is 2.05 bits per heavy atom. The Hall–Kier alpha value is -2.02. The van der Waals surface area contributed by atoms with Crippen LogP contribution in [0.2, 0.25) is 0 Å². The lowest BCUT2D eigenvalue weighted by Gasteiger charge is -2.40. The average molecular weight is 310 g/mol. The van der Waals surface area contributed by atoms with Crippen LogP contribution in [0, 0.1) is 17.6 Å². The number of nitrogens with one attached hydrogen (secondary N) is 1. The molecule has 1 atom stereocenters. The summed E-state index contributed by atoms with van der Waals surface area (Å²) in [5.74, 6) is -2.34. The summed E-state index contributed by atoms with van der Waals surface area (Å²) in [6, 6.07) is 3.02. The number of ether oxygens (including phenoxy) is 1. The smallest absolute Gasteiger partial charge is 0.256 e. The van der Waals surface area contributed by atoms with E-state index in [1.54, 1.807) is 11.8 Å². The SMILES string of the molecule is CC1(C(=O)N2CC(CNC(=O)c3ccc(F)c(F)c3)C2)CO1. The molecular weight excluding hydrogens is 294 g/mol. The third kappa shape index (κ3) is 2.81. The predicted molar refractivity (Wildman–Crippen MR) is 73.1 cm³/mol. The minimum absolute atomic E-state index is 0.0179. The van der Waals surface area contributed by atoms with E-state index in [0.717, 1.165) is 12.1 Å². The molecule has 1 aromatic carbocycles. The summed E-state index contributed by atoms with van der Waals surface area (Å²) in [5, 5.41) is 2.66. The summed E-state index contributed by atoms with van der Waals surface area (Å²) in [5.41, 5.74) is -0.579. The first-order valence-corrected chi connectivity index (χ1v) is 7.05. The topological polar surface area (TPSA) is 61.9 Å². The zero-order chi connectivity index (χ0) is 15.9. The maximum absolute atomic E-state index is 13.1. The lowest BCUT2D eigenvalue weighted by Crippen LogP contribution is -2.56. The zero-order valence-electron chi connectivity index (χ0n) is 12.1. The van der Waals surface area contributed by atoms with E-state index in [1.807, 2.05) is 0 Å². The van der Waals surface area contributed by atoms with Crippen molar-refractivity contribution in [1.82, 2.24) is 10.2 Å². The van der Waals surface area contributed by atoms with Gasteiger partial charge in [-0.05, 0) is 25.1 Å². The molecule has 2 amide bonds. The van der Waals surface area contributed by atoms with Crippen LogP contribution in [0.1, 0.15) is 17.3 Å². The summed E-state index contributed by atoms with van der Waals surface area (Å²) in [4.78, 5) is 25.5. The van der Waals surface area contributed by atoms with Gasteiger partial charge in [0.15, 0.2) is 17.2 Å². The second kappa shape index (κ2) is 5.31. The van der Waals surface area contributed by atoms with Crippen LogP contribution in [0.4, 0.5) is 8.78 Å². The number of hydrogen-bond acceptors (Lipinski definition) is 3. The van der Waals surface area contributed by atoms with Crippen molar-refractivity contribution >= 4 is 11.8 Å². The summed E-state index contributed by atoms with van der Waals surface area (Å²) in [6.45, 7) is 3.73. The zero-order valence-corrected chi connectivity index (χ0v) is 12.1. The number of epoxide rings is 1. The first-order chi connectivity index (χ1) is 10.4. The van der Waals surface area contributed by atoms with Crippen molar-refractivity contribution in [3.05, 3.63) is 35.4 Å². The summed E-state index contributed by atoms with van der Waals surface area (Å²) >= 11 is 0. The molecule has 0 aliphatic carbocycles. The number of carbonyl (C=O) groups excluding carboxylic acids is 2. The van der Waals surface area contributed by atoms with Gasteiger partial charge in [-0.25, -0.2) is 8.78 Å². The minimum Gasteiger partial charge on any atom is -0.359 e. The summed E-state index contributed by atoms with van der Waals surface area (Å²) < 4.78 is 31.0. The maximum atomic E-state index is 13.1. The number of benzene rings is 1. The lowest BCUT2D eigenvalue weighted by atomic mass is 9.97. The van der Waals surface area contributed by atoms with Crippen molar-refractivity contribution in [3.63, 3.8) is 0 Å². The molecule has 118 valence electrons. The molecule has 3 rings (SSSR count). The fourth-order valence-electron chi connectivity index (χ4n) is 2.41. The van der Waals surface area contributed by atoms with Crippen molar-refractivity contribution in [1.29, 1.82) is 0 Å². The largest absolute Gasteiger partial charge is 0.359 e. The molecule has 1 unspecified atom stereocenters. The molecule has 1 N–H and O–H groups in total. The van der Waals surface area contributed by atoms with E-state index < -0.39 is 23.1 Å². The van der Waals surface area contributed by atoms with E-state index in [1.165, 1.54) is 6.07 Å². The van der Waals surface area contributed by atoms with Crippen LogP contribution in [0.3, 0.4) is 0 Å². The van der Waals surface area contributed by atoms with Gasteiger partial charge in [-0.3, -0.25) is 9.59 Å². The van der Waals surface area contributed by atoms with Crippen molar-refractivity contribution in [2.24, 2.45) is 5.92 Å². The van der Waals surface area contributed by atoms with Gasteiger partial charge in [-0.1, -0.05) is 0 Å². The summed E-state index contributed by atoms with van der Waals surface area (Å²) in [7, 11) is 0. The van der Waals surface area contributed by atoms with Gasteiger partial charge in [0.2, 0.25) is 0 Å². The number of hydrogen-bond donors (Lipinski definition) is 1. The van der Waals surface area contributed by atoms with Crippen LogP contribution in [-0.2, 0) is 9.53 Å². The molecule has 5 nitrogen and oxygen atoms in total. The van der Waals surface area contributed by atoms with Crippen LogP contribution in [0.25, 0.3) is 0 Å². The molecule has 0 saturated carbocycles. The standard InChI is InChI=1S/C15H16F2N2O3/c1-15(8-22-15)14(21)19-6-9(7-19)5-18-13(20)10-2-3-11(16)12(17)4-10/h2-4,9H,5-8H2,1H3,(H,18,20). The second-order valence-electron chi connectivity index (χ2n) is 5.93. The predicted octanol–water partition coefficient (Wildman–Crippen LogP) is 0.942. The Morgan fingerprint density at radius 1 is 1.36 bits per heavy atom. The monoisotopic (exact) mass is 310 g/mol. The average Bonchev–Trinajstić information content (AvgIpc) is 3.19. The highest BCUT2D eigenvalue weighted by atomic mass is 19.2. The van der Waals surface area contributed by atoms with Crippen LogP contribution in [-0.4, -0.2) is 48.6 Å². The Kier molecular flexibility index (Phi) is 3.60. The number of carbonyl (C=O) groups is 2. The van der Waals surface area contributed by atoms with Gasteiger partial charge in [0, 0.05) is 31.1 Å². The number of rotatable bonds is 4. The fraction of sp³-hybridized carbons (Fsp3) is 0.467. The normalized spacial score (nSPS) is 23.9. The Morgan fingerprint density at radius 3 is 2.64 bits per heavy atom. The Labute approximate surface area is 126 Å². The molecule has 2 saturated heterocycles. The first kappa shape index (κ1) is 14.9. The number of amides is 2. The highest BCUT2D eigenvalue weighted by Crippen LogP contribution is 2.31. The van der Waals surface area contributed by atoms with Crippen molar-refractivity contribution < 1.29 is 23.1 Å². The molecule has 0 bridgehead atoms. The van der Waals surface area contributed by atoms with Crippen molar-refractivity contribution in [2.75, 3.05) is 26.2 Å². The molecule has 7 heteroatoms. The van der Waals surface area contributed by atoms with Crippen LogP contribution < -0.4 is 5.32 Å². The van der Waals surface area contributed by atoms with Crippen LogP contribution in [0.5, 0.6) is 0 Å². The fourth-order valence-corrected chi connectivity index (χ4v) is 2.41. The van der Waals surface area contributed by atoms with Crippen molar-refractivity contribution in [2.45, 2.75) is 12.5 Å².